The Morgan fingerprint density at radius 1 is 1.00 bits per heavy atom. The Labute approximate surface area is 230 Å². The van der Waals surface area contributed by atoms with E-state index in [1.54, 1.807) is 10.9 Å². The predicted molar refractivity (Wildman–Crippen MR) is 151 cm³/mol. The van der Waals surface area contributed by atoms with Gasteiger partial charge >= 0.3 is 5.69 Å². The van der Waals surface area contributed by atoms with Gasteiger partial charge in [0.1, 0.15) is 23.0 Å². The first-order chi connectivity index (χ1) is 19.4. The number of aliphatic hydroxyl groups is 1. The van der Waals surface area contributed by atoms with Crippen LogP contribution in [0.15, 0.2) is 64.6 Å². The summed E-state index contributed by atoms with van der Waals surface area (Å²) in [6.45, 7) is 2.87. The number of fused-ring (bicyclic) bond motifs is 3. The maximum Gasteiger partial charge on any atom is 0.327 e. The van der Waals surface area contributed by atoms with Crippen molar-refractivity contribution in [1.29, 1.82) is 0 Å². The van der Waals surface area contributed by atoms with Gasteiger partial charge in [0.05, 0.1) is 26.0 Å². The molecule has 0 unspecified atom stereocenters. The summed E-state index contributed by atoms with van der Waals surface area (Å²) in [5.74, 6) is 1.89. The van der Waals surface area contributed by atoms with Gasteiger partial charge in [-0.25, -0.2) is 14.8 Å². The second-order valence-corrected chi connectivity index (χ2v) is 10.7. The Hall–Kier alpha value is -4.51. The van der Waals surface area contributed by atoms with Crippen molar-refractivity contribution in [3.8, 4) is 11.4 Å². The fraction of sp³-hybridized carbons (Fsp3) is 0.345. The van der Waals surface area contributed by atoms with Crippen molar-refractivity contribution in [3.63, 3.8) is 0 Å². The number of aryl methyl sites for hydroxylation is 1. The summed E-state index contributed by atoms with van der Waals surface area (Å²) < 4.78 is 3.61. The summed E-state index contributed by atoms with van der Waals surface area (Å²) in [7, 11) is 0. The van der Waals surface area contributed by atoms with Crippen LogP contribution in [0.2, 0.25) is 0 Å². The van der Waals surface area contributed by atoms with Crippen molar-refractivity contribution < 1.29 is 10.0 Å². The number of hydrogen-bond donors (Lipinski definition) is 3. The van der Waals surface area contributed by atoms with Crippen LogP contribution in [0.1, 0.15) is 47.9 Å². The van der Waals surface area contributed by atoms with E-state index in [1.807, 2.05) is 60.0 Å². The van der Waals surface area contributed by atoms with Crippen LogP contribution in [0.3, 0.4) is 0 Å². The fourth-order valence-corrected chi connectivity index (χ4v) is 5.55. The van der Waals surface area contributed by atoms with Crippen LogP contribution in [-0.4, -0.2) is 41.0 Å². The molecule has 0 spiro atoms. The molecule has 3 N–H and O–H groups in total. The van der Waals surface area contributed by atoms with E-state index >= 15 is 0 Å². The third-order valence-corrected chi connectivity index (χ3v) is 7.90. The molecule has 0 atom stereocenters. The number of benzene rings is 2. The largest absolute Gasteiger partial charge is 0.392 e. The van der Waals surface area contributed by atoms with Crippen LogP contribution in [0.5, 0.6) is 0 Å². The highest BCUT2D eigenvalue weighted by atomic mass is 16.6. The number of H-pyrrole nitrogens is 1. The smallest absolute Gasteiger partial charge is 0.327 e. The summed E-state index contributed by atoms with van der Waals surface area (Å²) in [6.07, 6.45) is 3.95. The molecule has 0 radical (unpaired) electrons. The third kappa shape index (κ3) is 4.95. The average Bonchev–Trinajstić information content (AvgIpc) is 3.44. The molecule has 1 fully saturated rings. The first-order valence-electron chi connectivity index (χ1n) is 13.5. The quantitative estimate of drug-likeness (QED) is 0.236. The van der Waals surface area contributed by atoms with Gasteiger partial charge in [0.15, 0.2) is 5.82 Å². The number of aromatic nitrogens is 4. The molecule has 40 heavy (non-hydrogen) atoms. The second kappa shape index (κ2) is 10.6. The molecule has 1 aliphatic heterocycles. The summed E-state index contributed by atoms with van der Waals surface area (Å²) >= 11 is 0. The number of nitrogens with one attached hydrogen (secondary N) is 2. The Bertz CT molecular complexity index is 1620. The number of hydrogen-bond acceptors (Lipinski definition) is 7. The lowest BCUT2D eigenvalue weighted by molar-refractivity contribution is -0.526. The number of nitrogens with zero attached hydrogens (tertiary/aromatic N) is 5. The molecule has 11 heteroatoms. The molecule has 2 aromatic heterocycles. The first kappa shape index (κ1) is 25.8. The zero-order chi connectivity index (χ0) is 27.8. The Balaban J connectivity index is 1.41. The van der Waals surface area contributed by atoms with E-state index in [9.17, 15) is 20.0 Å². The van der Waals surface area contributed by atoms with E-state index in [-0.39, 0.29) is 23.1 Å². The van der Waals surface area contributed by atoms with E-state index in [0.29, 0.717) is 67.6 Å². The average molecular weight is 542 g/mol. The lowest BCUT2D eigenvalue weighted by Gasteiger charge is -2.26. The molecule has 0 bridgehead atoms. The van der Waals surface area contributed by atoms with Gasteiger partial charge in [0, 0.05) is 23.7 Å². The van der Waals surface area contributed by atoms with Gasteiger partial charge in [-0.05, 0) is 36.5 Å². The molecule has 6 rings (SSSR count). The number of aliphatic hydroxyl groups excluding tert-OH is 1. The normalized spacial score (nSPS) is 18.3. The van der Waals surface area contributed by atoms with Crippen LogP contribution in [0.4, 0.5) is 11.6 Å². The Kier molecular flexibility index (Phi) is 6.81. The number of aromatic amines is 1. The zero-order valence-electron chi connectivity index (χ0n) is 22.2. The standard InChI is InChI=1S/C29H31N7O4/c1-18-2-4-20(5-3-18)15-35-28-25(31-29(35)38)24-27(32-26(33-28)22-10-12-23(13-11-22)36(39)40)34(17-30-24)14-19-6-8-21(16-37)9-7-19/h2-9,17,22-23,37H,10-16H2,1H3,(H,31,38)(H,32,33). The minimum absolute atomic E-state index is 0.0139. The van der Waals surface area contributed by atoms with Crippen molar-refractivity contribution in [2.24, 2.45) is 10.9 Å². The topological polar surface area (TPSA) is 143 Å². The van der Waals surface area contributed by atoms with Gasteiger partial charge < -0.3 is 20.0 Å². The second-order valence-electron chi connectivity index (χ2n) is 10.7. The fourth-order valence-electron chi connectivity index (χ4n) is 5.55. The van der Waals surface area contributed by atoms with Crippen molar-refractivity contribution >= 4 is 17.5 Å². The maximum atomic E-state index is 13.3. The number of amidine groups is 1. The van der Waals surface area contributed by atoms with Crippen LogP contribution in [0.25, 0.3) is 11.4 Å². The summed E-state index contributed by atoms with van der Waals surface area (Å²) in [5.41, 5.74) is 4.87. The van der Waals surface area contributed by atoms with Crippen molar-refractivity contribution in [2.75, 3.05) is 5.32 Å². The van der Waals surface area contributed by atoms with Crippen molar-refractivity contribution in [1.82, 2.24) is 19.1 Å². The van der Waals surface area contributed by atoms with Crippen LogP contribution < -0.4 is 11.0 Å². The molecule has 2 aromatic carbocycles. The van der Waals surface area contributed by atoms with E-state index in [2.05, 4.69) is 15.3 Å². The summed E-state index contributed by atoms with van der Waals surface area (Å²) in [5, 5.41) is 24.2. The molecule has 0 amide bonds. The van der Waals surface area contributed by atoms with Gasteiger partial charge in [0.2, 0.25) is 6.04 Å². The van der Waals surface area contributed by atoms with E-state index in [0.717, 1.165) is 22.3 Å². The Morgan fingerprint density at radius 2 is 1.65 bits per heavy atom. The number of aliphatic imine (C=N–C) groups is 1. The zero-order valence-corrected chi connectivity index (χ0v) is 22.2. The van der Waals surface area contributed by atoms with Gasteiger partial charge in [-0.2, -0.15) is 0 Å². The Morgan fingerprint density at radius 3 is 2.33 bits per heavy atom. The third-order valence-electron chi connectivity index (χ3n) is 7.90. The van der Waals surface area contributed by atoms with Crippen molar-refractivity contribution in [3.05, 3.63) is 97.7 Å². The van der Waals surface area contributed by atoms with Gasteiger partial charge in [-0.1, -0.05) is 54.1 Å². The monoisotopic (exact) mass is 541 g/mol. The van der Waals surface area contributed by atoms with Crippen LogP contribution in [-0.2, 0) is 19.7 Å². The minimum atomic E-state index is -0.534. The summed E-state index contributed by atoms with van der Waals surface area (Å²) in [4.78, 5) is 37.2. The number of nitro groups is 1. The lowest BCUT2D eigenvalue weighted by Crippen LogP contribution is -2.33. The van der Waals surface area contributed by atoms with Crippen LogP contribution in [0, 0.1) is 23.0 Å². The minimum Gasteiger partial charge on any atom is -0.392 e. The lowest BCUT2D eigenvalue weighted by atomic mass is 9.85. The molecule has 3 heterocycles. The van der Waals surface area contributed by atoms with Gasteiger partial charge in [-0.15, -0.1) is 0 Å². The number of anilines is 1. The number of rotatable bonds is 7. The molecule has 1 aliphatic carbocycles. The molecule has 1 saturated carbocycles. The molecule has 206 valence electrons. The van der Waals surface area contributed by atoms with E-state index in [4.69, 9.17) is 4.99 Å². The van der Waals surface area contributed by atoms with E-state index < -0.39 is 6.04 Å². The summed E-state index contributed by atoms with van der Waals surface area (Å²) in [6, 6.07) is 15.2. The highest BCUT2D eigenvalue weighted by Gasteiger charge is 2.34. The SMILES string of the molecule is Cc1ccc(Cn2c3c([nH]c2=O)-c2ncn(Cc4ccc(CO)cc4)c2N=C(C2CCC([N+](=O)[O-])CC2)N3)cc1. The van der Waals surface area contributed by atoms with Crippen LogP contribution >= 0.6 is 0 Å². The molecule has 11 nitrogen and oxygen atoms in total. The van der Waals surface area contributed by atoms with Gasteiger partial charge in [-0.3, -0.25) is 14.7 Å². The highest BCUT2D eigenvalue weighted by Crippen LogP contribution is 2.38. The predicted octanol–water partition coefficient (Wildman–Crippen LogP) is 4.23. The molecular formula is C29H31N7O4. The van der Waals surface area contributed by atoms with E-state index in [1.165, 1.54) is 0 Å². The molecule has 2 aliphatic rings. The molecule has 0 saturated heterocycles. The molecule has 4 aromatic rings. The first-order valence-corrected chi connectivity index (χ1v) is 13.5. The van der Waals surface area contributed by atoms with Gasteiger partial charge in [0.25, 0.3) is 0 Å². The highest BCUT2D eigenvalue weighted by molar-refractivity contribution is 6.03. The maximum absolute atomic E-state index is 13.3. The number of imidazole rings is 2. The van der Waals surface area contributed by atoms with Crippen molar-refractivity contribution in [2.45, 2.75) is 58.3 Å². The molecular weight excluding hydrogens is 510 g/mol.